The van der Waals surface area contributed by atoms with Gasteiger partial charge in [-0.15, -0.1) is 0 Å². The van der Waals surface area contributed by atoms with Crippen molar-refractivity contribution in [2.24, 2.45) is 17.6 Å². The zero-order chi connectivity index (χ0) is 20.5. The van der Waals surface area contributed by atoms with Crippen LogP contribution in [0.3, 0.4) is 0 Å². The van der Waals surface area contributed by atoms with Crippen LogP contribution in [-0.4, -0.2) is 58.9 Å². The van der Waals surface area contributed by atoms with Crippen molar-refractivity contribution in [3.63, 3.8) is 0 Å². The van der Waals surface area contributed by atoms with E-state index in [9.17, 15) is 17.2 Å². The Labute approximate surface area is 166 Å². The molecule has 1 saturated carbocycles. The summed E-state index contributed by atoms with van der Waals surface area (Å²) in [6.07, 6.45) is 4.24. The first kappa shape index (κ1) is 19.7. The number of alkyl halides is 2. The van der Waals surface area contributed by atoms with E-state index in [2.05, 4.69) is 14.9 Å². The fourth-order valence-corrected chi connectivity index (χ4v) is 5.69. The molecule has 1 aliphatic carbocycles. The average molecular weight is 435 g/mol. The number of anilines is 1. The molecular formula is C16H21ClF2N6O2S. The van der Waals surface area contributed by atoms with Crippen LogP contribution in [0.25, 0.3) is 11.0 Å². The number of hydrogen-bond donors (Lipinski definition) is 1. The van der Waals surface area contributed by atoms with E-state index in [0.717, 1.165) is 21.2 Å². The van der Waals surface area contributed by atoms with E-state index in [4.69, 9.17) is 16.7 Å². The third-order valence-electron chi connectivity index (χ3n) is 5.54. The molecule has 2 N–H and O–H groups in total. The van der Waals surface area contributed by atoms with E-state index in [1.54, 1.807) is 6.20 Å². The van der Waals surface area contributed by atoms with Gasteiger partial charge in [0, 0.05) is 44.7 Å². The molecule has 12 heteroatoms. The van der Waals surface area contributed by atoms with E-state index in [1.807, 2.05) is 11.6 Å². The van der Waals surface area contributed by atoms with Crippen molar-refractivity contribution in [1.82, 2.24) is 18.8 Å². The second-order valence-corrected chi connectivity index (χ2v) is 9.97. The molecule has 4 rings (SSSR count). The van der Waals surface area contributed by atoms with E-state index in [1.165, 1.54) is 6.33 Å². The smallest absolute Gasteiger partial charge is 0.277 e. The highest BCUT2D eigenvalue weighted by Gasteiger charge is 2.56. The minimum atomic E-state index is -4.19. The summed E-state index contributed by atoms with van der Waals surface area (Å²) >= 11 is 6.32. The Morgan fingerprint density at radius 3 is 2.61 bits per heavy atom. The predicted octanol–water partition coefficient (Wildman–Crippen LogP) is 1.75. The summed E-state index contributed by atoms with van der Waals surface area (Å²) in [5.74, 6) is -2.41. The number of aryl methyl sites for hydroxylation is 1. The summed E-state index contributed by atoms with van der Waals surface area (Å²) in [6.45, 7) is 1.10. The third-order valence-corrected chi connectivity index (χ3v) is 6.91. The number of hydrogen-bond acceptors (Lipinski definition) is 5. The van der Waals surface area contributed by atoms with Gasteiger partial charge in [0.25, 0.3) is 16.1 Å². The first-order valence-electron chi connectivity index (χ1n) is 8.76. The number of nitrogens with zero attached hydrogens (tertiary/aromatic N) is 5. The molecular weight excluding hydrogens is 414 g/mol. The normalized spacial score (nSPS) is 20.0. The van der Waals surface area contributed by atoms with Gasteiger partial charge >= 0.3 is 0 Å². The lowest BCUT2D eigenvalue weighted by atomic mass is 9.60. The fourth-order valence-electron chi connectivity index (χ4n) is 4.40. The zero-order valence-corrected chi connectivity index (χ0v) is 17.0. The highest BCUT2D eigenvalue weighted by Crippen LogP contribution is 2.52. The van der Waals surface area contributed by atoms with Crippen LogP contribution in [0.5, 0.6) is 0 Å². The van der Waals surface area contributed by atoms with Crippen LogP contribution in [0.4, 0.5) is 14.6 Å². The Bertz CT molecular complexity index is 1020. The SMILES string of the molecule is Cn1cc(Cl)c2c(N3CC4(CC(N(CC(C)(F)F)S(N)(=O)=O)C4)C3)ncnc21. The molecule has 8 nitrogen and oxygen atoms in total. The minimum Gasteiger partial charge on any atom is -0.355 e. The second kappa shape index (κ2) is 6.22. The van der Waals surface area contributed by atoms with Crippen LogP contribution in [0.2, 0.25) is 5.02 Å². The van der Waals surface area contributed by atoms with Gasteiger partial charge in [-0.3, -0.25) is 0 Å². The molecule has 0 bridgehead atoms. The summed E-state index contributed by atoms with van der Waals surface area (Å²) in [5.41, 5.74) is 0.614. The lowest BCUT2D eigenvalue weighted by Gasteiger charge is -2.60. The minimum absolute atomic E-state index is 0.116. The van der Waals surface area contributed by atoms with Crippen LogP contribution in [0, 0.1) is 5.41 Å². The quantitative estimate of drug-likeness (QED) is 0.773. The van der Waals surface area contributed by atoms with Crippen molar-refractivity contribution in [2.45, 2.75) is 31.7 Å². The van der Waals surface area contributed by atoms with Gasteiger partial charge < -0.3 is 9.47 Å². The van der Waals surface area contributed by atoms with Crippen molar-refractivity contribution < 1.29 is 17.2 Å². The van der Waals surface area contributed by atoms with Crippen LogP contribution < -0.4 is 10.0 Å². The summed E-state index contributed by atoms with van der Waals surface area (Å²) in [7, 11) is -2.34. The molecule has 1 spiro atoms. The maximum Gasteiger partial charge on any atom is 0.277 e. The van der Waals surface area contributed by atoms with Gasteiger partial charge in [-0.05, 0) is 12.8 Å². The molecule has 1 aliphatic heterocycles. The summed E-state index contributed by atoms with van der Waals surface area (Å²) in [6, 6.07) is -0.506. The average Bonchev–Trinajstić information content (AvgIpc) is 2.77. The van der Waals surface area contributed by atoms with E-state index in [-0.39, 0.29) is 5.41 Å². The first-order valence-corrected chi connectivity index (χ1v) is 10.6. The molecule has 2 aromatic rings. The third kappa shape index (κ3) is 3.34. The predicted molar refractivity (Wildman–Crippen MR) is 102 cm³/mol. The summed E-state index contributed by atoms with van der Waals surface area (Å²) < 4.78 is 52.8. The van der Waals surface area contributed by atoms with Gasteiger partial charge in [0.2, 0.25) is 0 Å². The van der Waals surface area contributed by atoms with E-state index in [0.29, 0.717) is 37.9 Å². The second-order valence-electron chi connectivity index (χ2n) is 8.06. The molecule has 0 aromatic carbocycles. The Morgan fingerprint density at radius 1 is 1.39 bits per heavy atom. The standard InChI is InChI=1S/C16H21ClF2N6O2S/c1-15(18,19)6-25(28(20,26)27)10-3-16(4-10)7-24(8-16)14-12-11(17)5-23(2)13(12)21-9-22-14/h5,9-10H,3-4,6-8H2,1-2H3,(H2,20,26,27). The molecule has 0 atom stereocenters. The van der Waals surface area contributed by atoms with Gasteiger partial charge in [-0.1, -0.05) is 11.6 Å². The summed E-state index contributed by atoms with van der Waals surface area (Å²) in [5, 5.41) is 6.50. The topological polar surface area (TPSA) is 97.3 Å². The van der Waals surface area contributed by atoms with Gasteiger partial charge in [-0.2, -0.15) is 12.7 Å². The van der Waals surface area contributed by atoms with Crippen molar-refractivity contribution in [2.75, 3.05) is 24.5 Å². The Hall–Kier alpha value is -1.56. The molecule has 28 heavy (non-hydrogen) atoms. The fraction of sp³-hybridized carbons (Fsp3) is 0.625. The number of nitrogens with two attached hydrogens (primary N) is 1. The maximum atomic E-state index is 13.4. The number of fused-ring (bicyclic) bond motifs is 1. The van der Waals surface area contributed by atoms with Crippen molar-refractivity contribution in [1.29, 1.82) is 0 Å². The van der Waals surface area contributed by atoms with Crippen LogP contribution in [0.15, 0.2) is 12.5 Å². The molecule has 154 valence electrons. The lowest BCUT2D eigenvalue weighted by molar-refractivity contribution is -0.0416. The molecule has 2 aliphatic rings. The summed E-state index contributed by atoms with van der Waals surface area (Å²) in [4.78, 5) is 10.7. The molecule has 3 heterocycles. The monoisotopic (exact) mass is 434 g/mol. The first-order chi connectivity index (χ1) is 12.9. The highest BCUT2D eigenvalue weighted by atomic mass is 35.5. The van der Waals surface area contributed by atoms with E-state index < -0.39 is 28.7 Å². The van der Waals surface area contributed by atoms with Crippen LogP contribution in [0.1, 0.15) is 19.8 Å². The number of aromatic nitrogens is 3. The van der Waals surface area contributed by atoms with Gasteiger partial charge in [0.05, 0.1) is 17.0 Å². The number of halogens is 3. The molecule has 1 saturated heterocycles. The van der Waals surface area contributed by atoms with Crippen LogP contribution >= 0.6 is 11.6 Å². The largest absolute Gasteiger partial charge is 0.355 e. The Balaban J connectivity index is 1.47. The van der Waals surface area contributed by atoms with Gasteiger partial charge in [0.15, 0.2) is 0 Å². The van der Waals surface area contributed by atoms with Crippen LogP contribution in [-0.2, 0) is 17.3 Å². The Kier molecular flexibility index (Phi) is 4.38. The van der Waals surface area contributed by atoms with Crippen molar-refractivity contribution in [3.05, 3.63) is 17.5 Å². The molecule has 0 radical (unpaired) electrons. The highest BCUT2D eigenvalue weighted by molar-refractivity contribution is 7.86. The van der Waals surface area contributed by atoms with Gasteiger partial charge in [0.1, 0.15) is 17.8 Å². The molecule has 0 amide bonds. The number of rotatable bonds is 5. The molecule has 2 aromatic heterocycles. The molecule has 0 unspecified atom stereocenters. The van der Waals surface area contributed by atoms with E-state index >= 15 is 0 Å². The van der Waals surface area contributed by atoms with Crippen molar-refractivity contribution >= 4 is 38.7 Å². The lowest BCUT2D eigenvalue weighted by Crippen LogP contribution is -2.68. The zero-order valence-electron chi connectivity index (χ0n) is 15.4. The maximum absolute atomic E-state index is 13.4. The molecule has 2 fully saturated rings. The van der Waals surface area contributed by atoms with Gasteiger partial charge in [-0.25, -0.2) is 23.9 Å². The van der Waals surface area contributed by atoms with Crippen molar-refractivity contribution in [3.8, 4) is 0 Å². The Morgan fingerprint density at radius 2 is 2.04 bits per heavy atom.